The van der Waals surface area contributed by atoms with E-state index in [0.29, 0.717) is 13.1 Å². The number of ether oxygens (including phenoxy) is 1. The molecule has 0 radical (unpaired) electrons. The summed E-state index contributed by atoms with van der Waals surface area (Å²) in [5.74, 6) is -0.432. The highest BCUT2D eigenvalue weighted by Crippen LogP contribution is 1.85. The van der Waals surface area contributed by atoms with Crippen LogP contribution < -0.4 is 16.4 Å². The minimum Gasteiger partial charge on any atom is -0.464 e. The van der Waals surface area contributed by atoms with Crippen molar-refractivity contribution in [3.8, 4) is 0 Å². The number of carbonyl (C=O) groups is 1. The molecule has 0 aliphatic heterocycles. The number of nitrogens with one attached hydrogen (secondary N) is 2. The van der Waals surface area contributed by atoms with Crippen LogP contribution in [0.1, 0.15) is 0 Å². The molecule has 0 heterocycles. The van der Waals surface area contributed by atoms with Crippen LogP contribution in [0.4, 0.5) is 0 Å². The predicted octanol–water partition coefficient (Wildman–Crippen LogP) is -1.19. The first-order valence-corrected chi connectivity index (χ1v) is 4.14. The largest absolute Gasteiger partial charge is 0.464 e. The molecule has 0 aromatic carbocycles. The predicted molar refractivity (Wildman–Crippen MR) is 51.1 cm³/mol. The molecule has 13 heavy (non-hydrogen) atoms. The summed E-state index contributed by atoms with van der Waals surface area (Å²) in [6.45, 7) is 6.26. The van der Waals surface area contributed by atoms with Gasteiger partial charge < -0.3 is 21.1 Å². The molecule has 0 rings (SSSR count). The van der Waals surface area contributed by atoms with Crippen molar-refractivity contribution in [3.05, 3.63) is 12.3 Å². The van der Waals surface area contributed by atoms with Gasteiger partial charge in [0.15, 0.2) is 0 Å². The molecule has 0 aliphatic rings. The van der Waals surface area contributed by atoms with Gasteiger partial charge in [0.2, 0.25) is 0 Å². The number of carbonyl (C=O) groups excluding carboxylic acids is 1. The SMILES string of the molecule is C=C(NCCNCCN)C(=O)OC. The van der Waals surface area contributed by atoms with E-state index in [4.69, 9.17) is 5.73 Å². The van der Waals surface area contributed by atoms with E-state index in [1.54, 1.807) is 0 Å². The van der Waals surface area contributed by atoms with Gasteiger partial charge in [-0.05, 0) is 0 Å². The van der Waals surface area contributed by atoms with Crippen molar-refractivity contribution in [1.29, 1.82) is 0 Å². The second-order valence-electron chi connectivity index (χ2n) is 2.44. The molecule has 4 N–H and O–H groups in total. The summed E-state index contributed by atoms with van der Waals surface area (Å²) in [7, 11) is 1.32. The molecule has 0 amide bonds. The Labute approximate surface area is 78.3 Å². The lowest BCUT2D eigenvalue weighted by molar-refractivity contribution is -0.136. The van der Waals surface area contributed by atoms with Gasteiger partial charge in [0, 0.05) is 26.2 Å². The Kier molecular flexibility index (Phi) is 6.95. The second kappa shape index (κ2) is 7.57. The Morgan fingerprint density at radius 3 is 2.69 bits per heavy atom. The van der Waals surface area contributed by atoms with Crippen LogP contribution in [0.25, 0.3) is 0 Å². The highest BCUT2D eigenvalue weighted by atomic mass is 16.5. The molecule has 0 saturated heterocycles. The van der Waals surface area contributed by atoms with E-state index in [0.717, 1.165) is 13.1 Å². The summed E-state index contributed by atoms with van der Waals surface area (Å²) in [5.41, 5.74) is 5.54. The van der Waals surface area contributed by atoms with Gasteiger partial charge in [0.05, 0.1) is 7.11 Å². The summed E-state index contributed by atoms with van der Waals surface area (Å²) >= 11 is 0. The maximum atomic E-state index is 10.8. The van der Waals surface area contributed by atoms with Gasteiger partial charge in [-0.1, -0.05) is 6.58 Å². The number of esters is 1. The van der Waals surface area contributed by atoms with Gasteiger partial charge in [0.25, 0.3) is 0 Å². The average molecular weight is 187 g/mol. The lowest BCUT2D eigenvalue weighted by Gasteiger charge is -2.07. The topological polar surface area (TPSA) is 76.4 Å². The molecular weight excluding hydrogens is 170 g/mol. The summed E-state index contributed by atoms with van der Waals surface area (Å²) in [5, 5.41) is 5.89. The normalized spacial score (nSPS) is 9.38. The van der Waals surface area contributed by atoms with Crippen LogP contribution in [0.15, 0.2) is 12.3 Å². The fourth-order valence-electron chi connectivity index (χ4n) is 0.724. The number of rotatable bonds is 7. The van der Waals surface area contributed by atoms with Crippen LogP contribution in [-0.2, 0) is 9.53 Å². The zero-order valence-electron chi connectivity index (χ0n) is 7.93. The lowest BCUT2D eigenvalue weighted by atomic mass is 10.4. The number of hydrogen-bond donors (Lipinski definition) is 3. The van der Waals surface area contributed by atoms with Crippen molar-refractivity contribution in [3.63, 3.8) is 0 Å². The lowest BCUT2D eigenvalue weighted by Crippen LogP contribution is -2.32. The number of hydrogen-bond acceptors (Lipinski definition) is 5. The molecule has 0 saturated carbocycles. The van der Waals surface area contributed by atoms with Gasteiger partial charge in [0.1, 0.15) is 5.70 Å². The highest BCUT2D eigenvalue weighted by molar-refractivity contribution is 5.86. The van der Waals surface area contributed by atoms with Gasteiger partial charge >= 0.3 is 5.97 Å². The van der Waals surface area contributed by atoms with E-state index in [2.05, 4.69) is 21.9 Å². The average Bonchev–Trinajstić information content (AvgIpc) is 2.16. The first kappa shape index (κ1) is 11.9. The van der Waals surface area contributed by atoms with Crippen LogP contribution in [0.3, 0.4) is 0 Å². The quantitative estimate of drug-likeness (QED) is 0.265. The third-order valence-corrected chi connectivity index (χ3v) is 1.39. The van der Waals surface area contributed by atoms with E-state index >= 15 is 0 Å². The van der Waals surface area contributed by atoms with Crippen molar-refractivity contribution < 1.29 is 9.53 Å². The van der Waals surface area contributed by atoms with Crippen molar-refractivity contribution >= 4 is 5.97 Å². The zero-order chi connectivity index (χ0) is 10.1. The maximum Gasteiger partial charge on any atom is 0.353 e. The van der Waals surface area contributed by atoms with Gasteiger partial charge in [-0.3, -0.25) is 0 Å². The fourth-order valence-corrected chi connectivity index (χ4v) is 0.724. The Morgan fingerprint density at radius 2 is 2.15 bits per heavy atom. The van der Waals surface area contributed by atoms with Crippen LogP contribution >= 0.6 is 0 Å². The second-order valence-corrected chi connectivity index (χ2v) is 2.44. The maximum absolute atomic E-state index is 10.8. The zero-order valence-corrected chi connectivity index (χ0v) is 7.93. The van der Waals surface area contributed by atoms with E-state index in [9.17, 15) is 4.79 Å². The van der Waals surface area contributed by atoms with Gasteiger partial charge in [-0.15, -0.1) is 0 Å². The van der Waals surface area contributed by atoms with Crippen LogP contribution in [0, 0.1) is 0 Å². The molecule has 0 atom stereocenters. The molecule has 0 bridgehead atoms. The van der Waals surface area contributed by atoms with Crippen LogP contribution in [0.5, 0.6) is 0 Å². The van der Waals surface area contributed by atoms with Crippen molar-refractivity contribution in [2.45, 2.75) is 0 Å². The number of nitrogens with two attached hydrogens (primary N) is 1. The summed E-state index contributed by atoms with van der Waals surface area (Å²) in [6.07, 6.45) is 0. The Balaban J connectivity index is 3.32. The first-order valence-electron chi connectivity index (χ1n) is 4.14. The summed E-state index contributed by atoms with van der Waals surface area (Å²) in [6, 6.07) is 0. The van der Waals surface area contributed by atoms with E-state index < -0.39 is 5.97 Å². The monoisotopic (exact) mass is 187 g/mol. The molecule has 0 aromatic rings. The first-order chi connectivity index (χ1) is 6.22. The van der Waals surface area contributed by atoms with Crippen molar-refractivity contribution in [1.82, 2.24) is 10.6 Å². The van der Waals surface area contributed by atoms with Gasteiger partial charge in [-0.25, -0.2) is 4.79 Å². The Bertz CT molecular complexity index is 171. The van der Waals surface area contributed by atoms with E-state index in [-0.39, 0.29) is 5.70 Å². The van der Waals surface area contributed by atoms with Crippen molar-refractivity contribution in [2.24, 2.45) is 5.73 Å². The smallest absolute Gasteiger partial charge is 0.353 e. The standard InChI is InChI=1S/C8H17N3O2/c1-7(8(12)13-2)11-6-5-10-4-3-9/h10-11H,1,3-6,9H2,2H3. The molecule has 0 unspecified atom stereocenters. The molecule has 0 aliphatic carbocycles. The minimum absolute atomic E-state index is 0.275. The highest BCUT2D eigenvalue weighted by Gasteiger charge is 2.03. The molecule has 0 fully saturated rings. The Hall–Kier alpha value is -1.07. The molecule has 0 spiro atoms. The van der Waals surface area contributed by atoms with Crippen LogP contribution in [0.2, 0.25) is 0 Å². The number of methoxy groups -OCH3 is 1. The third-order valence-electron chi connectivity index (χ3n) is 1.39. The molecule has 5 heteroatoms. The summed E-state index contributed by atoms with van der Waals surface area (Å²) < 4.78 is 4.45. The molecule has 5 nitrogen and oxygen atoms in total. The van der Waals surface area contributed by atoms with E-state index in [1.807, 2.05) is 0 Å². The molecular formula is C8H17N3O2. The fraction of sp³-hybridized carbons (Fsp3) is 0.625. The van der Waals surface area contributed by atoms with E-state index in [1.165, 1.54) is 7.11 Å². The third kappa shape index (κ3) is 6.12. The van der Waals surface area contributed by atoms with Crippen molar-refractivity contribution in [2.75, 3.05) is 33.3 Å². The van der Waals surface area contributed by atoms with Crippen LogP contribution in [-0.4, -0.2) is 39.3 Å². The molecule has 76 valence electrons. The Morgan fingerprint density at radius 1 is 1.46 bits per heavy atom. The molecule has 0 aromatic heterocycles. The minimum atomic E-state index is -0.432. The summed E-state index contributed by atoms with van der Waals surface area (Å²) in [4.78, 5) is 10.8. The van der Waals surface area contributed by atoms with Gasteiger partial charge in [-0.2, -0.15) is 0 Å².